The number of nitro groups is 1. The van der Waals surface area contributed by atoms with E-state index in [1.165, 1.54) is 24.4 Å². The lowest BCUT2D eigenvalue weighted by molar-refractivity contribution is -0.384. The van der Waals surface area contributed by atoms with Crippen LogP contribution in [0.25, 0.3) is 0 Å². The van der Waals surface area contributed by atoms with Crippen molar-refractivity contribution < 1.29 is 14.5 Å². The quantitative estimate of drug-likeness (QED) is 0.468. The Morgan fingerprint density at radius 1 is 1.32 bits per heavy atom. The zero-order chi connectivity index (χ0) is 18.4. The summed E-state index contributed by atoms with van der Waals surface area (Å²) in [6, 6.07) is 8.96. The molecule has 0 fully saturated rings. The second-order valence-corrected chi connectivity index (χ2v) is 5.80. The molecule has 0 spiro atoms. The second kappa shape index (κ2) is 8.46. The molecule has 0 unspecified atom stereocenters. The van der Waals surface area contributed by atoms with Crippen molar-refractivity contribution in [3.05, 3.63) is 67.7 Å². The number of nitrogens with zero attached hydrogens (tertiary/aromatic N) is 2. The largest absolute Gasteiger partial charge is 0.483 e. The first-order valence-corrected chi connectivity index (χ1v) is 7.77. The molecule has 2 aromatic rings. The van der Waals surface area contributed by atoms with Gasteiger partial charge in [0.25, 0.3) is 11.6 Å². The zero-order valence-corrected chi connectivity index (χ0v) is 14.5. The molecule has 0 aromatic heterocycles. The van der Waals surface area contributed by atoms with Crippen molar-refractivity contribution in [1.29, 1.82) is 0 Å². The van der Waals surface area contributed by atoms with Gasteiger partial charge in [0.2, 0.25) is 0 Å². The van der Waals surface area contributed by atoms with E-state index in [0.717, 1.165) is 5.56 Å². The number of halogens is 2. The second-order valence-electron chi connectivity index (χ2n) is 4.95. The van der Waals surface area contributed by atoms with Crippen LogP contribution in [-0.2, 0) is 4.79 Å². The molecule has 2 aromatic carbocycles. The molecule has 0 radical (unpaired) electrons. The number of ether oxygens (including phenoxy) is 1. The Hall–Kier alpha value is -2.64. The minimum Gasteiger partial charge on any atom is -0.483 e. The molecule has 0 aliphatic carbocycles. The van der Waals surface area contributed by atoms with Gasteiger partial charge in [-0.2, -0.15) is 5.10 Å². The first-order chi connectivity index (χ1) is 11.9. The molecule has 1 N–H and O–H groups in total. The highest BCUT2D eigenvalue weighted by Gasteiger charge is 2.09. The van der Waals surface area contributed by atoms with Gasteiger partial charge in [0.1, 0.15) is 5.75 Å². The van der Waals surface area contributed by atoms with Gasteiger partial charge in [-0.3, -0.25) is 14.9 Å². The number of benzene rings is 2. The highest BCUT2D eigenvalue weighted by molar-refractivity contribution is 6.33. The van der Waals surface area contributed by atoms with Crippen molar-refractivity contribution in [2.75, 3.05) is 6.61 Å². The van der Waals surface area contributed by atoms with Gasteiger partial charge in [0.05, 0.1) is 11.1 Å². The molecular weight excluding hydrogens is 369 g/mol. The molecule has 0 saturated heterocycles. The van der Waals surface area contributed by atoms with Crippen LogP contribution in [-0.4, -0.2) is 23.7 Å². The van der Waals surface area contributed by atoms with E-state index < -0.39 is 10.8 Å². The van der Waals surface area contributed by atoms with E-state index in [-0.39, 0.29) is 17.3 Å². The van der Waals surface area contributed by atoms with Gasteiger partial charge in [0.15, 0.2) is 6.61 Å². The van der Waals surface area contributed by atoms with Crippen LogP contribution in [0.1, 0.15) is 11.1 Å². The van der Waals surface area contributed by atoms with Crippen LogP contribution in [0.3, 0.4) is 0 Å². The van der Waals surface area contributed by atoms with E-state index in [1.54, 1.807) is 18.2 Å². The van der Waals surface area contributed by atoms with E-state index in [9.17, 15) is 14.9 Å². The lowest BCUT2D eigenvalue weighted by Gasteiger charge is -2.08. The van der Waals surface area contributed by atoms with Crippen LogP contribution in [0.4, 0.5) is 5.69 Å². The average Bonchev–Trinajstić information content (AvgIpc) is 2.55. The standard InChI is InChI=1S/C16H13Cl2N3O4/c1-10-6-12(17)2-5-15(10)25-9-16(22)20-19-8-11-7-13(21(23)24)3-4-14(11)18/h2-8H,9H2,1H3,(H,20,22)/b19-8-. The summed E-state index contributed by atoms with van der Waals surface area (Å²) >= 11 is 11.8. The molecule has 0 aliphatic rings. The number of rotatable bonds is 6. The van der Waals surface area contributed by atoms with Crippen molar-refractivity contribution in [3.63, 3.8) is 0 Å². The van der Waals surface area contributed by atoms with Crippen molar-refractivity contribution in [2.45, 2.75) is 6.92 Å². The average molecular weight is 382 g/mol. The Balaban J connectivity index is 1.92. The number of carbonyl (C=O) groups is 1. The van der Waals surface area contributed by atoms with Crippen LogP contribution in [0.15, 0.2) is 41.5 Å². The number of hydrogen-bond donors (Lipinski definition) is 1. The SMILES string of the molecule is Cc1cc(Cl)ccc1OCC(=O)N/N=C\c1cc([N+](=O)[O-])ccc1Cl. The maximum absolute atomic E-state index is 11.7. The topological polar surface area (TPSA) is 93.8 Å². The molecule has 1 amide bonds. The van der Waals surface area contributed by atoms with E-state index in [2.05, 4.69) is 10.5 Å². The summed E-state index contributed by atoms with van der Waals surface area (Å²) < 4.78 is 5.37. The van der Waals surface area contributed by atoms with E-state index >= 15 is 0 Å². The lowest BCUT2D eigenvalue weighted by Crippen LogP contribution is -2.24. The summed E-state index contributed by atoms with van der Waals surface area (Å²) in [5.41, 5.74) is 3.24. The third-order valence-electron chi connectivity index (χ3n) is 3.08. The summed E-state index contributed by atoms with van der Waals surface area (Å²) in [5, 5.41) is 15.3. The van der Waals surface area contributed by atoms with Crippen molar-refractivity contribution in [3.8, 4) is 5.75 Å². The first-order valence-electron chi connectivity index (χ1n) is 7.01. The predicted molar refractivity (Wildman–Crippen MR) is 95.5 cm³/mol. The van der Waals surface area contributed by atoms with E-state index in [1.807, 2.05) is 6.92 Å². The molecule has 0 aliphatic heterocycles. The van der Waals surface area contributed by atoms with Crippen LogP contribution in [0, 0.1) is 17.0 Å². The van der Waals surface area contributed by atoms with E-state index in [4.69, 9.17) is 27.9 Å². The molecule has 2 rings (SSSR count). The Bertz CT molecular complexity index is 840. The summed E-state index contributed by atoms with van der Waals surface area (Å²) in [6.45, 7) is 1.56. The van der Waals surface area contributed by atoms with Crippen molar-refractivity contribution in [2.24, 2.45) is 5.10 Å². The number of nitrogens with one attached hydrogen (secondary N) is 1. The smallest absolute Gasteiger partial charge is 0.277 e. The molecule has 0 heterocycles. The molecule has 0 bridgehead atoms. The van der Waals surface area contributed by atoms with Gasteiger partial charge in [-0.15, -0.1) is 0 Å². The maximum Gasteiger partial charge on any atom is 0.277 e. The minimum atomic E-state index is -0.547. The fourth-order valence-corrected chi connectivity index (χ4v) is 2.26. The third-order valence-corrected chi connectivity index (χ3v) is 3.66. The maximum atomic E-state index is 11.7. The Kier molecular flexibility index (Phi) is 6.32. The Morgan fingerprint density at radius 3 is 2.76 bits per heavy atom. The number of non-ortho nitro benzene ring substituents is 1. The van der Waals surface area contributed by atoms with Gasteiger partial charge in [-0.25, -0.2) is 5.43 Å². The number of aryl methyl sites for hydroxylation is 1. The third kappa shape index (κ3) is 5.44. The van der Waals surface area contributed by atoms with Gasteiger partial charge >= 0.3 is 0 Å². The molecular formula is C16H13Cl2N3O4. The van der Waals surface area contributed by atoms with Crippen LogP contribution in [0.5, 0.6) is 5.75 Å². The summed E-state index contributed by atoms with van der Waals surface area (Å²) in [5.74, 6) is 0.0393. The van der Waals surface area contributed by atoms with Crippen molar-refractivity contribution >= 4 is 41.0 Å². The molecule has 9 heteroatoms. The van der Waals surface area contributed by atoms with Gasteiger partial charge in [-0.1, -0.05) is 23.2 Å². The van der Waals surface area contributed by atoms with Gasteiger partial charge in [-0.05, 0) is 36.8 Å². The number of carbonyl (C=O) groups excluding carboxylic acids is 1. The number of hydrazone groups is 1. The lowest BCUT2D eigenvalue weighted by atomic mass is 10.2. The Labute approximate surface area is 153 Å². The summed E-state index contributed by atoms with van der Waals surface area (Å²) in [4.78, 5) is 21.9. The molecule has 25 heavy (non-hydrogen) atoms. The minimum absolute atomic E-state index is 0.126. The van der Waals surface area contributed by atoms with Gasteiger partial charge in [0, 0.05) is 27.7 Å². The van der Waals surface area contributed by atoms with Gasteiger partial charge < -0.3 is 4.74 Å². The number of nitro benzene ring substituents is 1. The monoisotopic (exact) mass is 381 g/mol. The molecule has 7 nitrogen and oxygen atoms in total. The fourth-order valence-electron chi connectivity index (χ4n) is 1.87. The van der Waals surface area contributed by atoms with Crippen LogP contribution in [0.2, 0.25) is 10.0 Å². The molecule has 0 saturated carbocycles. The molecule has 0 atom stereocenters. The van der Waals surface area contributed by atoms with E-state index in [0.29, 0.717) is 16.3 Å². The zero-order valence-electron chi connectivity index (χ0n) is 13.0. The normalized spacial score (nSPS) is 10.7. The van der Waals surface area contributed by atoms with Crippen molar-refractivity contribution in [1.82, 2.24) is 5.43 Å². The first kappa shape index (κ1) is 18.7. The highest BCUT2D eigenvalue weighted by Crippen LogP contribution is 2.22. The van der Waals surface area contributed by atoms with Crippen LogP contribution >= 0.6 is 23.2 Å². The fraction of sp³-hybridized carbons (Fsp3) is 0.125. The number of hydrogen-bond acceptors (Lipinski definition) is 5. The molecule has 130 valence electrons. The highest BCUT2D eigenvalue weighted by atomic mass is 35.5. The van der Waals surface area contributed by atoms with Crippen LogP contribution < -0.4 is 10.2 Å². The number of amides is 1. The predicted octanol–water partition coefficient (Wildman–Crippen LogP) is 3.74. The Morgan fingerprint density at radius 2 is 2.08 bits per heavy atom. The summed E-state index contributed by atoms with van der Waals surface area (Å²) in [6.07, 6.45) is 1.22. The summed E-state index contributed by atoms with van der Waals surface area (Å²) in [7, 11) is 0.